The van der Waals surface area contributed by atoms with Crippen molar-refractivity contribution in [3.05, 3.63) is 0 Å². The first-order valence-electron chi connectivity index (χ1n) is 10.3. The molecule has 0 atom stereocenters. The minimum absolute atomic E-state index is 0.519. The van der Waals surface area contributed by atoms with Crippen LogP contribution in [0.25, 0.3) is 0 Å². The summed E-state index contributed by atoms with van der Waals surface area (Å²) in [6.07, 6.45) is 16.1. The van der Waals surface area contributed by atoms with Crippen molar-refractivity contribution in [2.75, 3.05) is 25.2 Å². The molecule has 0 aliphatic heterocycles. The van der Waals surface area contributed by atoms with E-state index in [1.807, 2.05) is 0 Å². The summed E-state index contributed by atoms with van der Waals surface area (Å²) in [6, 6.07) is 0. The van der Waals surface area contributed by atoms with Crippen molar-refractivity contribution in [2.24, 2.45) is 5.41 Å². The SMILES string of the molecule is CCCCC(C)(C)C(=O)O.CCCC[P+](C)(CCCC)CCCC. The molecule has 0 amide bonds. The van der Waals surface area contributed by atoms with Gasteiger partial charge in [0.25, 0.3) is 0 Å². The number of aliphatic carboxylic acids is 1. The van der Waals surface area contributed by atoms with Gasteiger partial charge in [-0.2, -0.15) is 0 Å². The zero-order chi connectivity index (χ0) is 19.1. The Morgan fingerprint density at radius 2 is 1.12 bits per heavy atom. The molecule has 0 heterocycles. The van der Waals surface area contributed by atoms with Crippen LogP contribution in [-0.2, 0) is 4.79 Å². The van der Waals surface area contributed by atoms with Gasteiger partial charge in [0.05, 0.1) is 23.9 Å². The number of rotatable bonds is 13. The fourth-order valence-electron chi connectivity index (χ4n) is 2.68. The molecule has 0 aromatic heterocycles. The van der Waals surface area contributed by atoms with Crippen molar-refractivity contribution in [3.63, 3.8) is 0 Å². The lowest BCUT2D eigenvalue weighted by Crippen LogP contribution is -2.23. The Kier molecular flexibility index (Phi) is 16.5. The zero-order valence-corrected chi connectivity index (χ0v) is 18.7. The average Bonchev–Trinajstić information content (AvgIpc) is 2.55. The normalized spacial score (nSPS) is 11.8. The van der Waals surface area contributed by atoms with Crippen LogP contribution in [0.2, 0.25) is 0 Å². The number of carboxylic acids is 1. The summed E-state index contributed by atoms with van der Waals surface area (Å²) in [5.41, 5.74) is -0.532. The van der Waals surface area contributed by atoms with E-state index < -0.39 is 18.6 Å². The van der Waals surface area contributed by atoms with E-state index in [4.69, 9.17) is 5.11 Å². The van der Waals surface area contributed by atoms with Crippen LogP contribution in [0.1, 0.15) is 99.3 Å². The third-order valence-electron chi connectivity index (χ3n) is 4.89. The minimum Gasteiger partial charge on any atom is -0.481 e. The molecule has 0 fully saturated rings. The highest BCUT2D eigenvalue weighted by Crippen LogP contribution is 2.57. The monoisotopic (exact) mass is 361 g/mol. The van der Waals surface area contributed by atoms with Gasteiger partial charge in [0, 0.05) is 13.9 Å². The molecule has 0 aromatic carbocycles. The summed E-state index contributed by atoms with van der Waals surface area (Å²) in [5, 5.41) is 8.67. The van der Waals surface area contributed by atoms with Crippen LogP contribution in [0.5, 0.6) is 0 Å². The standard InChI is InChI=1S/C13H30P.C8H16O2/c1-5-8-11-14(4,12-9-6-2)13-10-7-3;1-4-5-6-8(2,3)7(9)10/h5-13H2,1-4H3;4-6H2,1-3H3,(H,9,10)/q+1;. The number of hydrogen-bond acceptors (Lipinski definition) is 1. The predicted molar refractivity (Wildman–Crippen MR) is 113 cm³/mol. The largest absolute Gasteiger partial charge is 0.481 e. The summed E-state index contributed by atoms with van der Waals surface area (Å²) in [4.78, 5) is 10.5. The van der Waals surface area contributed by atoms with Crippen LogP contribution in [0.4, 0.5) is 0 Å². The molecular weight excluding hydrogens is 315 g/mol. The molecule has 0 rings (SSSR count). The summed E-state index contributed by atoms with van der Waals surface area (Å²) in [6.45, 7) is 15.2. The first kappa shape index (κ1) is 26.1. The first-order chi connectivity index (χ1) is 11.2. The van der Waals surface area contributed by atoms with Crippen LogP contribution >= 0.6 is 7.26 Å². The Bertz CT molecular complexity index is 278. The van der Waals surface area contributed by atoms with Crippen molar-refractivity contribution >= 4 is 13.2 Å². The van der Waals surface area contributed by atoms with Crippen molar-refractivity contribution in [3.8, 4) is 0 Å². The van der Waals surface area contributed by atoms with Crippen LogP contribution in [0, 0.1) is 5.41 Å². The summed E-state index contributed by atoms with van der Waals surface area (Å²) < 4.78 is 0. The quantitative estimate of drug-likeness (QED) is 0.349. The second-order valence-corrected chi connectivity index (χ2v) is 12.7. The van der Waals surface area contributed by atoms with E-state index in [9.17, 15) is 4.79 Å². The molecule has 0 saturated carbocycles. The van der Waals surface area contributed by atoms with Gasteiger partial charge in [-0.1, -0.05) is 59.8 Å². The van der Waals surface area contributed by atoms with Gasteiger partial charge in [-0.3, -0.25) is 4.79 Å². The molecule has 0 unspecified atom stereocenters. The van der Waals surface area contributed by atoms with Gasteiger partial charge in [0.1, 0.15) is 0 Å². The molecule has 146 valence electrons. The maximum absolute atomic E-state index is 10.5. The maximum Gasteiger partial charge on any atom is 0.309 e. The van der Waals surface area contributed by atoms with Crippen LogP contribution in [0.3, 0.4) is 0 Å². The minimum atomic E-state index is -0.694. The highest BCUT2D eigenvalue weighted by Gasteiger charge is 2.28. The van der Waals surface area contributed by atoms with Crippen LogP contribution in [-0.4, -0.2) is 36.2 Å². The number of carbonyl (C=O) groups is 1. The molecular formula is C21H46O2P+. The van der Waals surface area contributed by atoms with Gasteiger partial charge in [0.15, 0.2) is 0 Å². The van der Waals surface area contributed by atoms with E-state index in [1.165, 1.54) is 38.5 Å². The molecule has 1 N–H and O–H groups in total. The third kappa shape index (κ3) is 14.3. The summed E-state index contributed by atoms with van der Waals surface area (Å²) >= 11 is 0. The molecule has 0 spiro atoms. The fraction of sp³-hybridized carbons (Fsp3) is 0.952. The van der Waals surface area contributed by atoms with Crippen LogP contribution < -0.4 is 0 Å². The van der Waals surface area contributed by atoms with E-state index in [0.717, 1.165) is 19.3 Å². The highest BCUT2D eigenvalue weighted by atomic mass is 31.2. The van der Waals surface area contributed by atoms with Crippen molar-refractivity contribution in [1.82, 2.24) is 0 Å². The predicted octanol–water partition coefficient (Wildman–Crippen LogP) is 7.32. The van der Waals surface area contributed by atoms with E-state index in [-0.39, 0.29) is 0 Å². The Morgan fingerprint density at radius 1 is 0.792 bits per heavy atom. The van der Waals surface area contributed by atoms with Gasteiger partial charge >= 0.3 is 5.97 Å². The van der Waals surface area contributed by atoms with Gasteiger partial charge in [0.2, 0.25) is 0 Å². The van der Waals surface area contributed by atoms with E-state index in [1.54, 1.807) is 32.3 Å². The fourth-order valence-corrected chi connectivity index (χ4v) is 6.59. The summed E-state index contributed by atoms with van der Waals surface area (Å²) in [7, 11) is -0.519. The molecule has 0 aliphatic carbocycles. The zero-order valence-electron chi connectivity index (χ0n) is 17.8. The van der Waals surface area contributed by atoms with Crippen molar-refractivity contribution in [2.45, 2.75) is 99.3 Å². The van der Waals surface area contributed by atoms with Gasteiger partial charge in [-0.25, -0.2) is 0 Å². The third-order valence-corrected chi connectivity index (χ3v) is 9.08. The highest BCUT2D eigenvalue weighted by molar-refractivity contribution is 7.75. The van der Waals surface area contributed by atoms with E-state index in [0.29, 0.717) is 0 Å². The summed E-state index contributed by atoms with van der Waals surface area (Å²) in [5.74, 6) is -0.694. The van der Waals surface area contributed by atoms with Crippen molar-refractivity contribution < 1.29 is 9.90 Å². The lowest BCUT2D eigenvalue weighted by atomic mass is 9.88. The molecule has 0 radical (unpaired) electrons. The van der Waals surface area contributed by atoms with E-state index in [2.05, 4.69) is 34.4 Å². The average molecular weight is 362 g/mol. The molecule has 0 saturated heterocycles. The second-order valence-electron chi connectivity index (χ2n) is 8.14. The Balaban J connectivity index is 0. The van der Waals surface area contributed by atoms with Gasteiger partial charge in [-0.05, 0) is 39.5 Å². The number of carboxylic acid groups (broad SMARTS) is 1. The first-order valence-corrected chi connectivity index (χ1v) is 13.0. The molecule has 0 aliphatic rings. The molecule has 0 bridgehead atoms. The molecule has 0 aromatic rings. The number of unbranched alkanes of at least 4 members (excludes halogenated alkanes) is 4. The molecule has 24 heavy (non-hydrogen) atoms. The lowest BCUT2D eigenvalue weighted by Gasteiger charge is -2.22. The van der Waals surface area contributed by atoms with Crippen molar-refractivity contribution in [1.29, 1.82) is 0 Å². The van der Waals surface area contributed by atoms with Crippen LogP contribution in [0.15, 0.2) is 0 Å². The second kappa shape index (κ2) is 15.2. The Hall–Kier alpha value is -0.100. The van der Waals surface area contributed by atoms with Gasteiger partial charge in [-0.15, -0.1) is 0 Å². The maximum atomic E-state index is 10.5. The Morgan fingerprint density at radius 3 is 1.38 bits per heavy atom. The Labute approximate surface area is 153 Å². The lowest BCUT2D eigenvalue weighted by molar-refractivity contribution is -0.147. The number of hydrogen-bond donors (Lipinski definition) is 1. The smallest absolute Gasteiger partial charge is 0.309 e. The van der Waals surface area contributed by atoms with E-state index >= 15 is 0 Å². The topological polar surface area (TPSA) is 37.3 Å². The van der Waals surface area contributed by atoms with Gasteiger partial charge < -0.3 is 5.11 Å². The molecule has 3 heteroatoms. The molecule has 2 nitrogen and oxygen atoms in total.